The Morgan fingerprint density at radius 2 is 2.23 bits per heavy atom. The Hall–Kier alpha value is -1.65. The number of carbonyl (C=O) groups is 1. The zero-order valence-corrected chi connectivity index (χ0v) is 7.66. The van der Waals surface area contributed by atoms with E-state index in [1.54, 1.807) is 7.05 Å². The lowest BCUT2D eigenvalue weighted by Crippen LogP contribution is -2.19. The molecule has 1 amide bonds. The number of aromatic nitrogens is 2. The monoisotopic (exact) mass is 180 g/mol. The van der Waals surface area contributed by atoms with E-state index in [0.717, 1.165) is 6.54 Å². The standard InChI is InChI=1S/C8H12N4O/c1-3-10-7-5-11-6(4-12-7)8(13)9-2/h4-5H,3H2,1-2H3,(H,9,13)(H,10,12). The van der Waals surface area contributed by atoms with Crippen LogP contribution in [0.2, 0.25) is 0 Å². The van der Waals surface area contributed by atoms with Gasteiger partial charge in [0.2, 0.25) is 0 Å². The van der Waals surface area contributed by atoms with Gasteiger partial charge in [-0.15, -0.1) is 0 Å². The highest BCUT2D eigenvalue weighted by atomic mass is 16.1. The Labute approximate surface area is 76.6 Å². The Bertz CT molecular complexity index is 283. The third kappa shape index (κ3) is 2.40. The summed E-state index contributed by atoms with van der Waals surface area (Å²) in [7, 11) is 1.56. The summed E-state index contributed by atoms with van der Waals surface area (Å²) in [6.45, 7) is 2.75. The van der Waals surface area contributed by atoms with Crippen molar-refractivity contribution in [2.75, 3.05) is 18.9 Å². The minimum Gasteiger partial charge on any atom is -0.369 e. The summed E-state index contributed by atoms with van der Waals surface area (Å²) in [5.74, 6) is 0.450. The third-order valence-corrected chi connectivity index (χ3v) is 1.47. The first-order chi connectivity index (χ1) is 6.27. The van der Waals surface area contributed by atoms with Gasteiger partial charge in [-0.2, -0.15) is 0 Å². The first-order valence-electron chi connectivity index (χ1n) is 4.06. The van der Waals surface area contributed by atoms with Gasteiger partial charge >= 0.3 is 0 Å². The number of rotatable bonds is 3. The van der Waals surface area contributed by atoms with Gasteiger partial charge in [0, 0.05) is 13.6 Å². The molecule has 70 valence electrons. The van der Waals surface area contributed by atoms with E-state index < -0.39 is 0 Å². The molecule has 0 saturated carbocycles. The number of hydrogen-bond acceptors (Lipinski definition) is 4. The Balaban J connectivity index is 2.75. The van der Waals surface area contributed by atoms with Gasteiger partial charge < -0.3 is 10.6 Å². The van der Waals surface area contributed by atoms with Crippen molar-refractivity contribution in [2.45, 2.75) is 6.92 Å². The van der Waals surface area contributed by atoms with Gasteiger partial charge in [-0.05, 0) is 6.92 Å². The fraction of sp³-hybridized carbons (Fsp3) is 0.375. The Morgan fingerprint density at radius 1 is 1.46 bits per heavy atom. The zero-order valence-electron chi connectivity index (χ0n) is 7.66. The van der Waals surface area contributed by atoms with Crippen LogP contribution in [0.25, 0.3) is 0 Å². The molecular weight excluding hydrogens is 168 g/mol. The van der Waals surface area contributed by atoms with Crippen LogP contribution in [-0.2, 0) is 0 Å². The molecule has 1 aromatic rings. The van der Waals surface area contributed by atoms with Crippen LogP contribution in [0.1, 0.15) is 17.4 Å². The molecule has 0 aliphatic heterocycles. The smallest absolute Gasteiger partial charge is 0.271 e. The molecule has 1 aromatic heterocycles. The SMILES string of the molecule is CCNc1cnc(C(=O)NC)cn1. The van der Waals surface area contributed by atoms with Crippen LogP contribution in [0.15, 0.2) is 12.4 Å². The number of carbonyl (C=O) groups excluding carboxylic acids is 1. The largest absolute Gasteiger partial charge is 0.369 e. The minimum atomic E-state index is -0.226. The van der Waals surface area contributed by atoms with Crippen molar-refractivity contribution in [3.8, 4) is 0 Å². The summed E-state index contributed by atoms with van der Waals surface area (Å²) < 4.78 is 0. The van der Waals surface area contributed by atoms with Crippen LogP contribution < -0.4 is 10.6 Å². The summed E-state index contributed by atoms with van der Waals surface area (Å²) in [5, 5.41) is 5.46. The average molecular weight is 180 g/mol. The molecule has 2 N–H and O–H groups in total. The third-order valence-electron chi connectivity index (χ3n) is 1.47. The molecule has 0 atom stereocenters. The van der Waals surface area contributed by atoms with Crippen LogP contribution in [0, 0.1) is 0 Å². The highest BCUT2D eigenvalue weighted by Gasteiger charge is 2.03. The van der Waals surface area contributed by atoms with Gasteiger partial charge in [0.05, 0.1) is 12.4 Å². The second-order valence-electron chi connectivity index (χ2n) is 2.40. The molecule has 0 unspecified atom stereocenters. The maximum absolute atomic E-state index is 11.0. The molecule has 5 nitrogen and oxygen atoms in total. The summed E-state index contributed by atoms with van der Waals surface area (Å²) in [6.07, 6.45) is 2.98. The van der Waals surface area contributed by atoms with E-state index in [9.17, 15) is 4.79 Å². The summed E-state index contributed by atoms with van der Waals surface area (Å²) in [5.41, 5.74) is 0.323. The van der Waals surface area contributed by atoms with Crippen LogP contribution in [0.3, 0.4) is 0 Å². The highest BCUT2D eigenvalue weighted by molar-refractivity contribution is 5.91. The van der Waals surface area contributed by atoms with E-state index in [0.29, 0.717) is 11.5 Å². The van der Waals surface area contributed by atoms with Gasteiger partial charge in [-0.3, -0.25) is 4.79 Å². The quantitative estimate of drug-likeness (QED) is 0.700. The van der Waals surface area contributed by atoms with Gasteiger partial charge in [0.1, 0.15) is 11.5 Å². The molecule has 0 saturated heterocycles. The fourth-order valence-electron chi connectivity index (χ4n) is 0.846. The van der Waals surface area contributed by atoms with Crippen molar-refractivity contribution >= 4 is 11.7 Å². The van der Waals surface area contributed by atoms with Crippen molar-refractivity contribution in [2.24, 2.45) is 0 Å². The predicted molar refractivity (Wildman–Crippen MR) is 49.6 cm³/mol. The average Bonchev–Trinajstić information content (AvgIpc) is 2.18. The Morgan fingerprint density at radius 3 is 2.69 bits per heavy atom. The summed E-state index contributed by atoms with van der Waals surface area (Å²) >= 11 is 0. The second kappa shape index (κ2) is 4.39. The van der Waals surface area contributed by atoms with E-state index in [1.807, 2.05) is 6.92 Å². The van der Waals surface area contributed by atoms with Crippen molar-refractivity contribution in [1.29, 1.82) is 0 Å². The minimum absolute atomic E-state index is 0.226. The second-order valence-corrected chi connectivity index (χ2v) is 2.40. The highest BCUT2D eigenvalue weighted by Crippen LogP contribution is 1.99. The van der Waals surface area contributed by atoms with E-state index in [1.165, 1.54) is 12.4 Å². The molecule has 0 fully saturated rings. The predicted octanol–water partition coefficient (Wildman–Crippen LogP) is 0.268. The van der Waals surface area contributed by atoms with E-state index in [2.05, 4.69) is 20.6 Å². The number of nitrogens with zero attached hydrogens (tertiary/aromatic N) is 2. The molecule has 0 aromatic carbocycles. The molecule has 1 rings (SSSR count). The Kier molecular flexibility index (Phi) is 3.19. The molecule has 0 aliphatic carbocycles. The lowest BCUT2D eigenvalue weighted by Gasteiger charge is -2.01. The van der Waals surface area contributed by atoms with Gasteiger partial charge in [-0.1, -0.05) is 0 Å². The van der Waals surface area contributed by atoms with Crippen molar-refractivity contribution in [1.82, 2.24) is 15.3 Å². The zero-order chi connectivity index (χ0) is 9.68. The molecule has 13 heavy (non-hydrogen) atoms. The van der Waals surface area contributed by atoms with E-state index in [-0.39, 0.29) is 5.91 Å². The molecule has 0 radical (unpaired) electrons. The fourth-order valence-corrected chi connectivity index (χ4v) is 0.846. The first kappa shape index (κ1) is 9.44. The summed E-state index contributed by atoms with van der Waals surface area (Å²) in [4.78, 5) is 19.0. The summed E-state index contributed by atoms with van der Waals surface area (Å²) in [6, 6.07) is 0. The van der Waals surface area contributed by atoms with Crippen molar-refractivity contribution in [3.63, 3.8) is 0 Å². The lowest BCUT2D eigenvalue weighted by molar-refractivity contribution is 0.0958. The maximum atomic E-state index is 11.0. The van der Waals surface area contributed by atoms with Gasteiger partial charge in [0.25, 0.3) is 5.91 Å². The molecule has 1 heterocycles. The van der Waals surface area contributed by atoms with Crippen molar-refractivity contribution in [3.05, 3.63) is 18.1 Å². The van der Waals surface area contributed by atoms with Crippen LogP contribution in [-0.4, -0.2) is 29.5 Å². The normalized spacial score (nSPS) is 9.38. The molecule has 5 heteroatoms. The lowest BCUT2D eigenvalue weighted by atomic mass is 10.4. The van der Waals surface area contributed by atoms with Gasteiger partial charge in [-0.25, -0.2) is 9.97 Å². The number of hydrogen-bond donors (Lipinski definition) is 2. The van der Waals surface area contributed by atoms with Gasteiger partial charge in [0.15, 0.2) is 0 Å². The molecule has 0 bridgehead atoms. The molecule has 0 spiro atoms. The number of nitrogens with one attached hydrogen (secondary N) is 2. The number of amides is 1. The van der Waals surface area contributed by atoms with E-state index >= 15 is 0 Å². The van der Waals surface area contributed by atoms with E-state index in [4.69, 9.17) is 0 Å². The topological polar surface area (TPSA) is 66.9 Å². The maximum Gasteiger partial charge on any atom is 0.271 e. The van der Waals surface area contributed by atoms with Crippen LogP contribution in [0.4, 0.5) is 5.82 Å². The molecule has 0 aliphatic rings. The number of anilines is 1. The van der Waals surface area contributed by atoms with Crippen molar-refractivity contribution < 1.29 is 4.79 Å². The van der Waals surface area contributed by atoms with Crippen LogP contribution in [0.5, 0.6) is 0 Å². The first-order valence-corrected chi connectivity index (χ1v) is 4.06. The molecular formula is C8H12N4O. The van der Waals surface area contributed by atoms with Crippen LogP contribution >= 0.6 is 0 Å².